The van der Waals surface area contributed by atoms with Gasteiger partial charge in [-0.15, -0.1) is 23.5 Å². The van der Waals surface area contributed by atoms with Gasteiger partial charge in [-0.25, -0.2) is 0 Å². The van der Waals surface area contributed by atoms with Crippen LogP contribution < -0.4 is 0 Å². The fourth-order valence-electron chi connectivity index (χ4n) is 1.07. The normalized spacial score (nSPS) is 9.79. The van der Waals surface area contributed by atoms with E-state index in [1.54, 1.807) is 11.8 Å². The molecule has 74 valence electrons. The molecule has 0 fully saturated rings. The van der Waals surface area contributed by atoms with Crippen molar-refractivity contribution < 1.29 is 5.11 Å². The predicted octanol–water partition coefficient (Wildman–Crippen LogP) is 2.36. The number of hydrogen-bond acceptors (Lipinski definition) is 4. The van der Waals surface area contributed by atoms with Gasteiger partial charge in [0.05, 0.1) is 12.2 Å². The number of aliphatic hydroxyl groups is 1. The zero-order valence-corrected chi connectivity index (χ0v) is 9.49. The van der Waals surface area contributed by atoms with Crippen LogP contribution in [0.4, 0.5) is 0 Å². The SMILES string of the molecule is CSc1cccc(SCCO)c1C#N. The second kappa shape index (κ2) is 5.97. The fraction of sp³-hybridized carbons (Fsp3) is 0.300. The highest BCUT2D eigenvalue weighted by Gasteiger charge is 2.06. The van der Waals surface area contributed by atoms with Gasteiger partial charge in [0.15, 0.2) is 0 Å². The van der Waals surface area contributed by atoms with E-state index in [-0.39, 0.29) is 6.61 Å². The zero-order chi connectivity index (χ0) is 10.4. The number of benzene rings is 1. The van der Waals surface area contributed by atoms with Crippen LogP contribution in [0.1, 0.15) is 5.56 Å². The highest BCUT2D eigenvalue weighted by molar-refractivity contribution is 7.99. The molecule has 0 spiro atoms. The van der Waals surface area contributed by atoms with E-state index >= 15 is 0 Å². The van der Waals surface area contributed by atoms with Crippen molar-refractivity contribution in [3.8, 4) is 6.07 Å². The number of thioether (sulfide) groups is 2. The Labute approximate surface area is 92.3 Å². The van der Waals surface area contributed by atoms with Crippen LogP contribution in [-0.2, 0) is 0 Å². The lowest BCUT2D eigenvalue weighted by Crippen LogP contribution is -1.89. The lowest BCUT2D eigenvalue weighted by atomic mass is 10.2. The van der Waals surface area contributed by atoms with Gasteiger partial charge in [0.25, 0.3) is 0 Å². The van der Waals surface area contributed by atoms with Crippen LogP contribution in [0.2, 0.25) is 0 Å². The fourth-order valence-corrected chi connectivity index (χ4v) is 2.49. The third kappa shape index (κ3) is 2.68. The lowest BCUT2D eigenvalue weighted by Gasteiger charge is -2.05. The molecule has 0 atom stereocenters. The number of nitrogens with zero attached hydrogens (tertiary/aromatic N) is 1. The molecule has 1 rings (SSSR count). The number of rotatable bonds is 4. The molecule has 0 amide bonds. The summed E-state index contributed by atoms with van der Waals surface area (Å²) in [4.78, 5) is 1.95. The second-order valence-electron chi connectivity index (χ2n) is 2.52. The summed E-state index contributed by atoms with van der Waals surface area (Å²) >= 11 is 3.08. The van der Waals surface area contributed by atoms with Gasteiger partial charge in [0.2, 0.25) is 0 Å². The van der Waals surface area contributed by atoms with E-state index in [9.17, 15) is 0 Å². The largest absolute Gasteiger partial charge is 0.396 e. The summed E-state index contributed by atoms with van der Waals surface area (Å²) in [6.45, 7) is 0.138. The third-order valence-electron chi connectivity index (χ3n) is 1.67. The van der Waals surface area contributed by atoms with Crippen molar-refractivity contribution in [3.63, 3.8) is 0 Å². The number of aliphatic hydroxyl groups excluding tert-OH is 1. The highest BCUT2D eigenvalue weighted by atomic mass is 32.2. The maximum Gasteiger partial charge on any atom is 0.101 e. The van der Waals surface area contributed by atoms with E-state index in [2.05, 4.69) is 6.07 Å². The molecular formula is C10H11NOS2. The van der Waals surface area contributed by atoms with Gasteiger partial charge >= 0.3 is 0 Å². The molecule has 0 bridgehead atoms. The van der Waals surface area contributed by atoms with Gasteiger partial charge < -0.3 is 5.11 Å². The van der Waals surface area contributed by atoms with E-state index in [0.717, 1.165) is 15.4 Å². The van der Waals surface area contributed by atoms with Crippen LogP contribution in [0.5, 0.6) is 0 Å². The molecule has 0 heterocycles. The van der Waals surface area contributed by atoms with Crippen molar-refractivity contribution >= 4 is 23.5 Å². The summed E-state index contributed by atoms with van der Waals surface area (Å²) in [5, 5.41) is 17.7. The van der Waals surface area contributed by atoms with E-state index in [1.165, 1.54) is 11.8 Å². The quantitative estimate of drug-likeness (QED) is 0.799. The Morgan fingerprint density at radius 1 is 1.43 bits per heavy atom. The number of nitriles is 1. The Bertz CT molecular complexity index is 346. The molecule has 0 aromatic heterocycles. The first-order chi connectivity index (χ1) is 6.83. The van der Waals surface area contributed by atoms with Gasteiger partial charge in [-0.2, -0.15) is 5.26 Å². The zero-order valence-electron chi connectivity index (χ0n) is 7.86. The minimum absolute atomic E-state index is 0.138. The molecule has 1 aromatic carbocycles. The van der Waals surface area contributed by atoms with E-state index in [4.69, 9.17) is 10.4 Å². The maximum absolute atomic E-state index is 8.99. The number of hydrogen-bond donors (Lipinski definition) is 1. The summed E-state index contributed by atoms with van der Waals surface area (Å²) in [6.07, 6.45) is 1.96. The van der Waals surface area contributed by atoms with Crippen LogP contribution >= 0.6 is 23.5 Å². The average molecular weight is 225 g/mol. The van der Waals surface area contributed by atoms with Crippen LogP contribution in [0.25, 0.3) is 0 Å². The van der Waals surface area contributed by atoms with Crippen molar-refractivity contribution in [1.29, 1.82) is 5.26 Å². The molecule has 0 saturated heterocycles. The maximum atomic E-state index is 8.99. The average Bonchev–Trinajstić information content (AvgIpc) is 2.25. The Morgan fingerprint density at radius 2 is 2.14 bits per heavy atom. The van der Waals surface area contributed by atoms with Gasteiger partial charge in [-0.1, -0.05) is 6.07 Å². The van der Waals surface area contributed by atoms with Crippen LogP contribution in [0.3, 0.4) is 0 Å². The second-order valence-corrected chi connectivity index (χ2v) is 4.50. The molecule has 0 saturated carbocycles. The van der Waals surface area contributed by atoms with Crippen molar-refractivity contribution in [1.82, 2.24) is 0 Å². The Morgan fingerprint density at radius 3 is 2.71 bits per heavy atom. The Balaban J connectivity index is 2.98. The molecule has 14 heavy (non-hydrogen) atoms. The molecule has 0 aliphatic rings. The summed E-state index contributed by atoms with van der Waals surface area (Å²) in [5.74, 6) is 0.631. The molecular weight excluding hydrogens is 214 g/mol. The van der Waals surface area contributed by atoms with Crippen LogP contribution in [0, 0.1) is 11.3 Å². The van der Waals surface area contributed by atoms with E-state index in [1.807, 2.05) is 24.5 Å². The Kier molecular flexibility index (Phi) is 4.88. The third-order valence-corrected chi connectivity index (χ3v) is 3.49. The molecule has 4 heteroatoms. The van der Waals surface area contributed by atoms with Crippen LogP contribution in [0.15, 0.2) is 28.0 Å². The monoisotopic (exact) mass is 225 g/mol. The topological polar surface area (TPSA) is 44.0 Å². The molecule has 1 aromatic rings. The molecule has 0 radical (unpaired) electrons. The van der Waals surface area contributed by atoms with Gasteiger partial charge in [0.1, 0.15) is 6.07 Å². The first kappa shape index (κ1) is 11.4. The molecule has 2 nitrogen and oxygen atoms in total. The minimum Gasteiger partial charge on any atom is -0.396 e. The van der Waals surface area contributed by atoms with E-state index in [0.29, 0.717) is 5.75 Å². The predicted molar refractivity (Wildman–Crippen MR) is 60.7 cm³/mol. The van der Waals surface area contributed by atoms with Crippen molar-refractivity contribution in [3.05, 3.63) is 23.8 Å². The van der Waals surface area contributed by atoms with Gasteiger partial charge in [0, 0.05) is 15.5 Å². The van der Waals surface area contributed by atoms with Gasteiger partial charge in [-0.3, -0.25) is 0 Å². The first-order valence-corrected chi connectivity index (χ1v) is 6.35. The first-order valence-electron chi connectivity index (χ1n) is 4.14. The highest BCUT2D eigenvalue weighted by Crippen LogP contribution is 2.29. The van der Waals surface area contributed by atoms with Crippen molar-refractivity contribution in [2.45, 2.75) is 9.79 Å². The van der Waals surface area contributed by atoms with Gasteiger partial charge in [-0.05, 0) is 18.4 Å². The molecule has 1 N–H and O–H groups in total. The molecule has 0 unspecified atom stereocenters. The van der Waals surface area contributed by atoms with Crippen LogP contribution in [-0.4, -0.2) is 23.7 Å². The summed E-state index contributed by atoms with van der Waals surface area (Å²) in [5.41, 5.74) is 0.721. The smallest absolute Gasteiger partial charge is 0.101 e. The summed E-state index contributed by atoms with van der Waals surface area (Å²) in [7, 11) is 0. The molecule has 0 aliphatic heterocycles. The lowest BCUT2D eigenvalue weighted by molar-refractivity contribution is 0.322. The standard InChI is InChI=1S/C10H11NOS2/c1-13-9-3-2-4-10(8(9)7-11)14-6-5-12/h2-4,12H,5-6H2,1H3. The molecule has 0 aliphatic carbocycles. The summed E-state index contributed by atoms with van der Waals surface area (Å²) < 4.78 is 0. The van der Waals surface area contributed by atoms with E-state index < -0.39 is 0 Å². The van der Waals surface area contributed by atoms with Crippen molar-refractivity contribution in [2.24, 2.45) is 0 Å². The Hall–Kier alpha value is -0.630. The minimum atomic E-state index is 0.138. The van der Waals surface area contributed by atoms with Crippen molar-refractivity contribution in [2.75, 3.05) is 18.6 Å². The summed E-state index contributed by atoms with van der Waals surface area (Å²) in [6, 6.07) is 7.99.